The summed E-state index contributed by atoms with van der Waals surface area (Å²) in [5.74, 6) is 1.91. The Morgan fingerprint density at radius 2 is 1.95 bits per heavy atom. The van der Waals surface area contributed by atoms with Crippen molar-refractivity contribution in [3.63, 3.8) is 0 Å². The summed E-state index contributed by atoms with van der Waals surface area (Å²) < 4.78 is 11.0. The van der Waals surface area contributed by atoms with Crippen molar-refractivity contribution in [3.05, 3.63) is 23.8 Å². The molecule has 1 aliphatic heterocycles. The van der Waals surface area contributed by atoms with Gasteiger partial charge >= 0.3 is 0 Å². The molecule has 0 radical (unpaired) electrons. The lowest BCUT2D eigenvalue weighted by Gasteiger charge is -2.20. The van der Waals surface area contributed by atoms with Gasteiger partial charge in [0, 0.05) is 13.0 Å². The zero-order chi connectivity index (χ0) is 15.4. The first-order chi connectivity index (χ1) is 10.7. The highest BCUT2D eigenvalue weighted by Crippen LogP contribution is 2.32. The minimum Gasteiger partial charge on any atom is -0.486 e. The smallest absolute Gasteiger partial charge is 0.220 e. The fourth-order valence-corrected chi connectivity index (χ4v) is 3.14. The first-order valence-electron chi connectivity index (χ1n) is 8.06. The second kappa shape index (κ2) is 7.01. The Morgan fingerprint density at radius 1 is 1.23 bits per heavy atom. The van der Waals surface area contributed by atoms with E-state index in [9.17, 15) is 9.90 Å². The Balaban J connectivity index is 1.50. The Labute approximate surface area is 130 Å². The molecule has 1 atom stereocenters. The highest BCUT2D eigenvalue weighted by Gasteiger charge is 2.20. The number of carbonyl (C=O) groups excluding carboxylic acids is 1. The Hall–Kier alpha value is -1.75. The van der Waals surface area contributed by atoms with E-state index in [0.717, 1.165) is 18.4 Å². The van der Waals surface area contributed by atoms with E-state index >= 15 is 0 Å². The van der Waals surface area contributed by atoms with Crippen LogP contribution in [0.3, 0.4) is 0 Å². The summed E-state index contributed by atoms with van der Waals surface area (Å²) in [6.07, 6.45) is 4.61. The van der Waals surface area contributed by atoms with Crippen LogP contribution in [0.25, 0.3) is 0 Å². The van der Waals surface area contributed by atoms with Crippen molar-refractivity contribution >= 4 is 5.91 Å². The first-order valence-corrected chi connectivity index (χ1v) is 8.06. The number of amides is 1. The van der Waals surface area contributed by atoms with Crippen LogP contribution in [0.15, 0.2) is 18.2 Å². The molecule has 1 aromatic carbocycles. The summed E-state index contributed by atoms with van der Waals surface area (Å²) >= 11 is 0. The number of carbonyl (C=O) groups is 1. The third-order valence-electron chi connectivity index (χ3n) is 4.39. The normalized spacial score (nSPS) is 19.0. The average Bonchev–Trinajstić information content (AvgIpc) is 3.05. The van der Waals surface area contributed by atoms with Crippen molar-refractivity contribution in [3.8, 4) is 11.5 Å². The number of aliphatic hydroxyl groups excluding tert-OH is 1. The van der Waals surface area contributed by atoms with Gasteiger partial charge in [-0.25, -0.2) is 0 Å². The molecule has 0 aromatic heterocycles. The lowest BCUT2D eigenvalue weighted by molar-refractivity contribution is -0.122. The maximum absolute atomic E-state index is 11.9. The number of ether oxygens (including phenoxy) is 2. The van der Waals surface area contributed by atoms with Crippen LogP contribution in [-0.2, 0) is 4.79 Å². The lowest BCUT2D eigenvalue weighted by Crippen LogP contribution is -2.29. The van der Waals surface area contributed by atoms with Crippen molar-refractivity contribution in [1.82, 2.24) is 5.32 Å². The number of nitrogens with one attached hydrogen (secondary N) is 1. The maximum atomic E-state index is 11.9. The van der Waals surface area contributed by atoms with E-state index in [0.29, 0.717) is 37.1 Å². The summed E-state index contributed by atoms with van der Waals surface area (Å²) in [4.78, 5) is 11.9. The molecule has 22 heavy (non-hydrogen) atoms. The highest BCUT2D eigenvalue weighted by atomic mass is 16.6. The molecule has 0 unspecified atom stereocenters. The van der Waals surface area contributed by atoms with E-state index in [4.69, 9.17) is 9.47 Å². The van der Waals surface area contributed by atoms with Gasteiger partial charge in [-0.05, 0) is 36.5 Å². The van der Waals surface area contributed by atoms with Crippen molar-refractivity contribution < 1.29 is 19.4 Å². The predicted octanol–water partition coefficient (Wildman–Crippen LogP) is 2.19. The molecule has 1 amide bonds. The number of benzene rings is 1. The third kappa shape index (κ3) is 3.71. The molecule has 1 aromatic rings. The van der Waals surface area contributed by atoms with Gasteiger partial charge in [0.2, 0.25) is 5.91 Å². The van der Waals surface area contributed by atoms with Gasteiger partial charge in [0.1, 0.15) is 13.2 Å². The summed E-state index contributed by atoms with van der Waals surface area (Å²) in [6.45, 7) is 1.29. The van der Waals surface area contributed by atoms with Crippen LogP contribution in [0.1, 0.15) is 43.8 Å². The quantitative estimate of drug-likeness (QED) is 0.875. The largest absolute Gasteiger partial charge is 0.486 e. The van der Waals surface area contributed by atoms with Gasteiger partial charge in [-0.15, -0.1) is 0 Å². The molecule has 0 saturated heterocycles. The molecule has 1 aliphatic carbocycles. The van der Waals surface area contributed by atoms with E-state index in [1.807, 2.05) is 0 Å². The van der Waals surface area contributed by atoms with Gasteiger partial charge < -0.3 is 19.9 Å². The number of fused-ring (bicyclic) bond motifs is 1. The molecule has 1 heterocycles. The van der Waals surface area contributed by atoms with E-state index in [1.54, 1.807) is 18.2 Å². The van der Waals surface area contributed by atoms with Crippen LogP contribution in [0.2, 0.25) is 0 Å². The number of hydrogen-bond donors (Lipinski definition) is 2. The fraction of sp³-hybridized carbons (Fsp3) is 0.588. The molecule has 0 bridgehead atoms. The molecule has 2 aliphatic rings. The second-order valence-corrected chi connectivity index (χ2v) is 6.08. The molecule has 1 saturated carbocycles. The Morgan fingerprint density at radius 3 is 2.73 bits per heavy atom. The molecular formula is C17H23NO4. The molecule has 2 N–H and O–H groups in total. The van der Waals surface area contributed by atoms with Crippen LogP contribution >= 0.6 is 0 Å². The molecule has 120 valence electrons. The van der Waals surface area contributed by atoms with E-state index in [2.05, 4.69) is 5.32 Å². The molecule has 1 fully saturated rings. The standard InChI is InChI=1S/C17H23NO4/c19-14(11-18-17(20)9-12-3-1-2-4-12)13-5-6-15-16(10-13)22-8-7-21-15/h5-6,10,12,14,19H,1-4,7-9,11H2,(H,18,20)/t14-/m1/s1. The van der Waals surface area contributed by atoms with E-state index in [1.165, 1.54) is 12.8 Å². The minimum absolute atomic E-state index is 0.0310. The van der Waals surface area contributed by atoms with Crippen LogP contribution in [0.4, 0.5) is 0 Å². The minimum atomic E-state index is -0.733. The number of hydrogen-bond acceptors (Lipinski definition) is 4. The van der Waals surface area contributed by atoms with Gasteiger partial charge in [0.15, 0.2) is 11.5 Å². The van der Waals surface area contributed by atoms with Crippen LogP contribution in [0, 0.1) is 5.92 Å². The van der Waals surface area contributed by atoms with Crippen molar-refractivity contribution in [2.45, 2.75) is 38.2 Å². The summed E-state index contributed by atoms with van der Waals surface area (Å²) in [7, 11) is 0. The summed E-state index contributed by atoms with van der Waals surface area (Å²) in [6, 6.07) is 5.39. The van der Waals surface area contributed by atoms with Gasteiger partial charge in [-0.2, -0.15) is 0 Å². The summed E-state index contributed by atoms with van der Waals surface area (Å²) in [5.41, 5.74) is 0.727. The monoisotopic (exact) mass is 305 g/mol. The van der Waals surface area contributed by atoms with E-state index < -0.39 is 6.10 Å². The zero-order valence-corrected chi connectivity index (χ0v) is 12.7. The molecule has 5 nitrogen and oxygen atoms in total. The lowest BCUT2D eigenvalue weighted by atomic mass is 10.0. The maximum Gasteiger partial charge on any atom is 0.220 e. The van der Waals surface area contributed by atoms with Crippen molar-refractivity contribution in [2.75, 3.05) is 19.8 Å². The zero-order valence-electron chi connectivity index (χ0n) is 12.7. The SMILES string of the molecule is O=C(CC1CCCC1)NC[C@@H](O)c1ccc2c(c1)OCCO2. The van der Waals surface area contributed by atoms with Gasteiger partial charge in [0.25, 0.3) is 0 Å². The Bertz CT molecular complexity index is 525. The number of rotatable bonds is 5. The second-order valence-electron chi connectivity index (χ2n) is 6.08. The average molecular weight is 305 g/mol. The van der Waals surface area contributed by atoms with Crippen LogP contribution in [0.5, 0.6) is 11.5 Å². The third-order valence-corrected chi connectivity index (χ3v) is 4.39. The fourth-order valence-electron chi connectivity index (χ4n) is 3.14. The first kappa shape index (κ1) is 15.2. The van der Waals surface area contributed by atoms with Crippen molar-refractivity contribution in [2.24, 2.45) is 5.92 Å². The highest BCUT2D eigenvalue weighted by molar-refractivity contribution is 5.76. The van der Waals surface area contributed by atoms with Gasteiger partial charge in [-0.1, -0.05) is 18.9 Å². The Kier molecular flexibility index (Phi) is 4.83. The predicted molar refractivity (Wildman–Crippen MR) is 82.0 cm³/mol. The van der Waals surface area contributed by atoms with Crippen molar-refractivity contribution in [1.29, 1.82) is 0 Å². The van der Waals surface area contributed by atoms with Crippen LogP contribution in [-0.4, -0.2) is 30.8 Å². The molecule has 5 heteroatoms. The van der Waals surface area contributed by atoms with Crippen LogP contribution < -0.4 is 14.8 Å². The number of aliphatic hydroxyl groups is 1. The molecule has 0 spiro atoms. The van der Waals surface area contributed by atoms with Gasteiger partial charge in [-0.3, -0.25) is 4.79 Å². The topological polar surface area (TPSA) is 67.8 Å². The van der Waals surface area contributed by atoms with E-state index in [-0.39, 0.29) is 12.5 Å². The molecule has 3 rings (SSSR count). The van der Waals surface area contributed by atoms with Gasteiger partial charge in [0.05, 0.1) is 6.10 Å². The summed E-state index contributed by atoms with van der Waals surface area (Å²) in [5, 5.41) is 13.0. The molecular weight excluding hydrogens is 282 g/mol.